The van der Waals surface area contributed by atoms with Gasteiger partial charge < -0.3 is 24.1 Å². The van der Waals surface area contributed by atoms with Crippen LogP contribution in [0.2, 0.25) is 0 Å². The minimum Gasteiger partial charge on any atom is -0.376 e. The quantitative estimate of drug-likeness (QED) is 0.133. The molecule has 19 heteroatoms. The first-order valence-electron chi connectivity index (χ1n) is 45.5. The molecule has 9 aromatic heterocycles. The second-order valence-electron chi connectivity index (χ2n) is 34.9. The van der Waals surface area contributed by atoms with E-state index in [0.717, 1.165) is 28.6 Å². The van der Waals surface area contributed by atoms with E-state index in [0.29, 0.717) is 0 Å². The Bertz CT molecular complexity index is 6930. The van der Waals surface area contributed by atoms with Gasteiger partial charge in [0.15, 0.2) is 0 Å². The molecule has 618 valence electrons. The number of fused-ring (bicyclic) bond motifs is 57. The molecule has 0 fully saturated rings. The van der Waals surface area contributed by atoms with Crippen LogP contribution in [0.15, 0.2) is 445 Å². The number of benzene rings is 12. The monoisotopic (exact) mass is 1700 g/mol. The van der Waals surface area contributed by atoms with Crippen molar-refractivity contribution in [3.63, 3.8) is 0 Å². The molecule has 0 atom stereocenters. The van der Waals surface area contributed by atoms with Gasteiger partial charge in [0.25, 0.3) is 0 Å². The smallest absolute Gasteiger partial charge is 0.330 e. The SMILES string of the molecule is c1ccc2c(c1)B1c3ccccc3-c3ccc4ccccc4c3N1c1ncccc1-2.c1ccc2c(c1)B1c3ccccc3-c3cccnc3N1c1ccncc1-2.c1ccc2c(c1)B1c3ccccc3-c3ccncc3N1c1ccncc1-2.c1ccc2c(c1)B1c3ccccc3-c3cnccc3N1c1ccncc1-2.c1ccc2c(c1)B1c3ccccc3-c3cnccc3N1c1ccncc1-2. The predicted octanol–water partition coefficient (Wildman–Crippen LogP) is 18.7. The molecule has 0 spiro atoms. The number of aromatic nitrogens is 9. The van der Waals surface area contributed by atoms with Gasteiger partial charge in [-0.2, -0.15) is 0 Å². The van der Waals surface area contributed by atoms with E-state index in [9.17, 15) is 0 Å². The topological polar surface area (TPSA) is 132 Å². The Balaban J connectivity index is 0.0000000854. The maximum atomic E-state index is 4.91. The first-order chi connectivity index (χ1) is 66.6. The number of anilines is 10. The highest BCUT2D eigenvalue weighted by atomic mass is 15.2. The summed E-state index contributed by atoms with van der Waals surface area (Å²) < 4.78 is 0. The third-order valence-electron chi connectivity index (χ3n) is 28.3. The molecule has 0 unspecified atom stereocenters. The highest BCUT2D eigenvalue weighted by molar-refractivity contribution is 6.95. The summed E-state index contributed by atoms with van der Waals surface area (Å²) >= 11 is 0. The summed E-state index contributed by atoms with van der Waals surface area (Å²) in [7, 11) is 0. The Morgan fingerprint density at radius 1 is 0.149 bits per heavy atom. The Labute approximate surface area is 776 Å². The van der Waals surface area contributed by atoms with Gasteiger partial charge in [0.1, 0.15) is 11.6 Å². The van der Waals surface area contributed by atoms with Crippen molar-refractivity contribution in [1.29, 1.82) is 0 Å². The van der Waals surface area contributed by atoms with Crippen LogP contribution in [0.3, 0.4) is 0 Å². The summed E-state index contributed by atoms with van der Waals surface area (Å²) in [5.74, 6) is 2.05. The number of hydrogen-bond acceptors (Lipinski definition) is 14. The van der Waals surface area contributed by atoms with Crippen molar-refractivity contribution >= 4 is 157 Å². The van der Waals surface area contributed by atoms with E-state index >= 15 is 0 Å². The van der Waals surface area contributed by atoms with Gasteiger partial charge >= 0.3 is 34.2 Å². The lowest BCUT2D eigenvalue weighted by molar-refractivity contribution is 1.20. The standard InChI is InChI=1S/C27H17BN2.4C22H14BN3/c1-2-9-19-18(8-1)15-16-22-20-10-3-5-13-24(20)28-25-14-6-4-11-21(25)23-12-7-17-29-27(23)30(28)26(19)22;1-3-9-19-15(6-1)17-8-5-12-25-22(17)26-21-11-13-24-14-18(21)16-7-2-4-10-20(16)23(19)26;2*1-3-7-19-15(5-1)17-13-24-11-9-21(17)26-22-10-12-25-14-18(22)16-6-2-4-8-20(16)23(19)26;1-3-7-19-15(5-1)17-9-11-25-14-22(17)26-21-10-12-24-13-18(21)16-6-2-4-8-20(16)23(19)26/h1-17H;4*1-14H. The molecule has 0 N–H and O–H groups in total. The molecule has 19 heterocycles. The largest absolute Gasteiger partial charge is 0.376 e. The van der Waals surface area contributed by atoms with E-state index in [1.54, 1.807) is 0 Å². The molecular weight excluding hydrogens is 1630 g/mol. The third kappa shape index (κ3) is 11.7. The van der Waals surface area contributed by atoms with Gasteiger partial charge in [-0.05, 0) is 182 Å². The van der Waals surface area contributed by atoms with Gasteiger partial charge in [-0.15, -0.1) is 0 Å². The predicted molar refractivity (Wildman–Crippen MR) is 552 cm³/mol. The maximum absolute atomic E-state index is 4.91. The van der Waals surface area contributed by atoms with E-state index < -0.39 is 0 Å². The van der Waals surface area contributed by atoms with Crippen LogP contribution in [0.25, 0.3) is 122 Å². The van der Waals surface area contributed by atoms with Crippen LogP contribution in [0.4, 0.5) is 57.1 Å². The van der Waals surface area contributed by atoms with Crippen LogP contribution < -0.4 is 78.7 Å². The molecule has 10 aliphatic heterocycles. The minimum absolute atomic E-state index is 0.109. The van der Waals surface area contributed by atoms with Crippen LogP contribution in [0.1, 0.15) is 0 Å². The maximum Gasteiger partial charge on any atom is 0.330 e. The van der Waals surface area contributed by atoms with Crippen molar-refractivity contribution in [3.8, 4) is 111 Å². The van der Waals surface area contributed by atoms with Crippen molar-refractivity contribution < 1.29 is 0 Å². The van der Waals surface area contributed by atoms with Gasteiger partial charge in [-0.3, -0.25) is 34.9 Å². The van der Waals surface area contributed by atoms with E-state index in [1.807, 2.05) is 111 Å². The average molecular weight is 1710 g/mol. The summed E-state index contributed by atoms with van der Waals surface area (Å²) in [4.78, 5) is 52.6. The molecule has 0 aliphatic carbocycles. The van der Waals surface area contributed by atoms with E-state index in [1.165, 1.54) is 205 Å². The number of nitrogens with zero attached hydrogens (tertiary/aromatic N) is 14. The summed E-state index contributed by atoms with van der Waals surface area (Å²) in [6.45, 7) is 0.700. The number of pyridine rings is 9. The fourth-order valence-electron chi connectivity index (χ4n) is 23.0. The zero-order valence-corrected chi connectivity index (χ0v) is 72.3. The fraction of sp³-hybridized carbons (Fsp3) is 0. The summed E-state index contributed by atoms with van der Waals surface area (Å²) in [6.07, 6.45) is 30.8. The zero-order valence-electron chi connectivity index (χ0n) is 72.3. The Kier molecular flexibility index (Phi) is 17.8. The van der Waals surface area contributed by atoms with E-state index in [-0.39, 0.29) is 34.2 Å². The zero-order chi connectivity index (χ0) is 88.0. The molecule has 0 amide bonds. The van der Waals surface area contributed by atoms with Gasteiger partial charge in [-0.1, -0.05) is 279 Å². The van der Waals surface area contributed by atoms with Crippen LogP contribution in [-0.2, 0) is 0 Å². The van der Waals surface area contributed by atoms with Gasteiger partial charge in [0.2, 0.25) is 0 Å². The molecule has 0 radical (unpaired) electrons. The first kappa shape index (κ1) is 76.6. The van der Waals surface area contributed by atoms with Gasteiger partial charge in [0.05, 0.1) is 5.69 Å². The number of hydrogen-bond donors (Lipinski definition) is 0. The lowest BCUT2D eigenvalue weighted by atomic mass is 9.43. The minimum atomic E-state index is 0.109. The average Bonchev–Trinajstić information content (AvgIpc) is 0.705. The van der Waals surface area contributed by atoms with E-state index in [4.69, 9.17) is 9.97 Å². The Hall–Kier alpha value is -17.4. The summed E-state index contributed by atoms with van der Waals surface area (Å²) in [5.41, 5.74) is 47.5. The molecular formula is C115H73B5N14. The third-order valence-corrected chi connectivity index (χ3v) is 28.3. The van der Waals surface area contributed by atoms with Crippen LogP contribution >= 0.6 is 0 Å². The van der Waals surface area contributed by atoms with Crippen molar-refractivity contribution in [3.05, 3.63) is 445 Å². The Morgan fingerprint density at radius 3 is 0.731 bits per heavy atom. The molecule has 12 aromatic carbocycles. The van der Waals surface area contributed by atoms with Gasteiger partial charge in [0, 0.05) is 200 Å². The molecule has 10 aliphatic rings. The van der Waals surface area contributed by atoms with Crippen molar-refractivity contribution in [1.82, 2.24) is 44.9 Å². The molecule has 0 saturated carbocycles. The highest BCUT2D eigenvalue weighted by Crippen LogP contribution is 2.53. The van der Waals surface area contributed by atoms with Crippen LogP contribution in [0.5, 0.6) is 0 Å². The van der Waals surface area contributed by atoms with Gasteiger partial charge in [-0.25, -0.2) is 9.97 Å². The number of rotatable bonds is 0. The summed E-state index contributed by atoms with van der Waals surface area (Å²) in [5, 5.41) is 2.52. The lowest BCUT2D eigenvalue weighted by Crippen LogP contribution is -2.59. The molecule has 0 saturated heterocycles. The summed E-state index contributed by atoms with van der Waals surface area (Å²) in [6, 6.07) is 124. The Morgan fingerprint density at radius 2 is 0.388 bits per heavy atom. The van der Waals surface area contributed by atoms with E-state index in [2.05, 4.69) is 393 Å². The fourth-order valence-corrected chi connectivity index (χ4v) is 23.0. The van der Waals surface area contributed by atoms with Crippen molar-refractivity contribution in [2.75, 3.05) is 24.1 Å². The molecule has 21 aromatic rings. The van der Waals surface area contributed by atoms with Crippen LogP contribution in [0, 0.1) is 0 Å². The van der Waals surface area contributed by atoms with Crippen molar-refractivity contribution in [2.45, 2.75) is 0 Å². The molecule has 31 rings (SSSR count). The second kappa shape index (κ2) is 31.2. The molecule has 0 bridgehead atoms. The highest BCUT2D eigenvalue weighted by Gasteiger charge is 2.49. The first-order valence-corrected chi connectivity index (χ1v) is 45.5. The lowest BCUT2D eigenvalue weighted by Gasteiger charge is -2.42. The molecule has 134 heavy (non-hydrogen) atoms. The molecule has 14 nitrogen and oxygen atoms in total. The van der Waals surface area contributed by atoms with Crippen LogP contribution in [-0.4, -0.2) is 79.1 Å². The second-order valence-corrected chi connectivity index (χ2v) is 34.9. The normalized spacial score (nSPS) is 13.2. The van der Waals surface area contributed by atoms with Crippen molar-refractivity contribution in [2.24, 2.45) is 0 Å².